The molecule has 2 unspecified atom stereocenters. The van der Waals surface area contributed by atoms with Crippen molar-refractivity contribution in [3.8, 4) is 0 Å². The van der Waals surface area contributed by atoms with E-state index in [0.29, 0.717) is 13.0 Å². The Bertz CT molecular complexity index is 614. The number of Topliss-reactive ketones (excluding diaryl/α,β-unsaturated/α-hetero) is 2. The number of carbonyl (C=O) groups is 4. The first kappa shape index (κ1) is 16.8. The van der Waals surface area contributed by atoms with Crippen LogP contribution in [0.15, 0.2) is 30.3 Å². The van der Waals surface area contributed by atoms with Crippen LogP contribution in [0.4, 0.5) is 0 Å². The van der Waals surface area contributed by atoms with Crippen molar-refractivity contribution in [2.75, 3.05) is 13.2 Å². The van der Waals surface area contributed by atoms with Gasteiger partial charge in [0.25, 0.3) is 5.78 Å². The summed E-state index contributed by atoms with van der Waals surface area (Å²) < 4.78 is 4.71. The Hall–Kier alpha value is -2.54. The standard InChI is InChI=1S/C16H18N2O5/c17-12(8-11-6-7-18-15(11)21)13(19)9-23-16(22)14(20)10-4-2-1-3-5-10/h1-5,11-12H,6-9,17H2,(H,18,21). The molecule has 1 fully saturated rings. The van der Waals surface area contributed by atoms with Crippen molar-refractivity contribution in [2.45, 2.75) is 18.9 Å². The van der Waals surface area contributed by atoms with Crippen LogP contribution in [-0.2, 0) is 19.1 Å². The highest BCUT2D eigenvalue weighted by atomic mass is 16.5. The highest BCUT2D eigenvalue weighted by molar-refractivity contribution is 6.40. The van der Waals surface area contributed by atoms with Gasteiger partial charge in [0, 0.05) is 18.0 Å². The second-order valence-electron chi connectivity index (χ2n) is 5.36. The Labute approximate surface area is 133 Å². The van der Waals surface area contributed by atoms with Crippen molar-refractivity contribution < 1.29 is 23.9 Å². The smallest absolute Gasteiger partial charge is 0.380 e. The minimum Gasteiger partial charge on any atom is -0.452 e. The molecule has 1 aliphatic heterocycles. The lowest BCUT2D eigenvalue weighted by atomic mass is 9.97. The maximum Gasteiger partial charge on any atom is 0.380 e. The highest BCUT2D eigenvalue weighted by Gasteiger charge is 2.29. The average Bonchev–Trinajstić information content (AvgIpc) is 2.97. The SMILES string of the molecule is NC(CC1CCNC1=O)C(=O)COC(=O)C(=O)c1ccccc1. The Morgan fingerprint density at radius 2 is 1.96 bits per heavy atom. The van der Waals surface area contributed by atoms with Crippen molar-refractivity contribution in [2.24, 2.45) is 11.7 Å². The molecule has 1 aromatic carbocycles. The molecular weight excluding hydrogens is 300 g/mol. The fraction of sp³-hybridized carbons (Fsp3) is 0.375. The summed E-state index contributed by atoms with van der Waals surface area (Å²) in [5.41, 5.74) is 5.92. The maximum absolute atomic E-state index is 11.9. The summed E-state index contributed by atoms with van der Waals surface area (Å²) in [4.78, 5) is 46.7. The van der Waals surface area contributed by atoms with E-state index in [-0.39, 0.29) is 23.8 Å². The number of esters is 1. The molecule has 0 bridgehead atoms. The number of rotatable bonds is 7. The fourth-order valence-corrected chi connectivity index (χ4v) is 2.32. The van der Waals surface area contributed by atoms with E-state index in [1.54, 1.807) is 18.2 Å². The number of nitrogens with one attached hydrogen (secondary N) is 1. The predicted octanol–water partition coefficient (Wildman–Crippen LogP) is -0.165. The number of nitrogens with two attached hydrogens (primary N) is 1. The van der Waals surface area contributed by atoms with Crippen LogP contribution >= 0.6 is 0 Å². The third-order valence-electron chi connectivity index (χ3n) is 3.68. The molecular formula is C16H18N2O5. The van der Waals surface area contributed by atoms with Gasteiger partial charge in [0.05, 0.1) is 6.04 Å². The molecule has 23 heavy (non-hydrogen) atoms. The number of carbonyl (C=O) groups excluding carboxylic acids is 4. The lowest BCUT2D eigenvalue weighted by Gasteiger charge is -2.13. The van der Waals surface area contributed by atoms with Crippen LogP contribution in [0.1, 0.15) is 23.2 Å². The van der Waals surface area contributed by atoms with Crippen molar-refractivity contribution in [3.63, 3.8) is 0 Å². The summed E-state index contributed by atoms with van der Waals surface area (Å²) in [6.07, 6.45) is 0.834. The van der Waals surface area contributed by atoms with Crippen molar-refractivity contribution in [1.82, 2.24) is 5.32 Å². The van der Waals surface area contributed by atoms with Gasteiger partial charge in [-0.05, 0) is 12.8 Å². The zero-order valence-corrected chi connectivity index (χ0v) is 12.5. The van der Waals surface area contributed by atoms with Crippen LogP contribution in [-0.4, -0.2) is 42.6 Å². The molecule has 1 aromatic rings. The Morgan fingerprint density at radius 1 is 1.26 bits per heavy atom. The van der Waals surface area contributed by atoms with Gasteiger partial charge in [-0.2, -0.15) is 0 Å². The summed E-state index contributed by atoms with van der Waals surface area (Å²) in [6, 6.07) is 7.02. The van der Waals surface area contributed by atoms with Gasteiger partial charge in [-0.3, -0.25) is 14.4 Å². The first-order valence-electron chi connectivity index (χ1n) is 7.31. The second kappa shape index (κ2) is 7.64. The van der Waals surface area contributed by atoms with E-state index in [4.69, 9.17) is 10.5 Å². The summed E-state index contributed by atoms with van der Waals surface area (Å²) in [5.74, 6) is -2.85. The molecule has 1 amide bonds. The molecule has 0 aliphatic carbocycles. The lowest BCUT2D eigenvalue weighted by molar-refractivity contribution is -0.143. The minimum atomic E-state index is -1.10. The maximum atomic E-state index is 11.9. The number of ether oxygens (including phenoxy) is 1. The quantitative estimate of drug-likeness (QED) is 0.410. The third kappa shape index (κ3) is 4.46. The molecule has 0 spiro atoms. The van der Waals surface area contributed by atoms with Gasteiger partial charge in [-0.1, -0.05) is 30.3 Å². The minimum absolute atomic E-state index is 0.121. The molecule has 1 saturated heterocycles. The van der Waals surface area contributed by atoms with Crippen LogP contribution in [0, 0.1) is 5.92 Å². The molecule has 2 rings (SSSR count). The summed E-state index contributed by atoms with van der Waals surface area (Å²) in [7, 11) is 0. The van der Waals surface area contributed by atoms with E-state index < -0.39 is 30.2 Å². The topological polar surface area (TPSA) is 116 Å². The van der Waals surface area contributed by atoms with E-state index in [9.17, 15) is 19.2 Å². The first-order valence-corrected chi connectivity index (χ1v) is 7.31. The Morgan fingerprint density at radius 3 is 2.57 bits per heavy atom. The first-order chi connectivity index (χ1) is 11.0. The van der Waals surface area contributed by atoms with E-state index in [2.05, 4.69) is 5.32 Å². The molecule has 2 atom stereocenters. The van der Waals surface area contributed by atoms with E-state index in [0.717, 1.165) is 0 Å². The van der Waals surface area contributed by atoms with Crippen molar-refractivity contribution in [3.05, 3.63) is 35.9 Å². The molecule has 7 heteroatoms. The van der Waals surface area contributed by atoms with Gasteiger partial charge in [-0.25, -0.2) is 4.79 Å². The summed E-state index contributed by atoms with van der Waals surface area (Å²) in [6.45, 7) is -0.00210. The lowest BCUT2D eigenvalue weighted by Crippen LogP contribution is -2.37. The molecule has 122 valence electrons. The molecule has 1 heterocycles. The molecule has 0 radical (unpaired) electrons. The number of hydrogen-bond donors (Lipinski definition) is 2. The summed E-state index contributed by atoms with van der Waals surface area (Å²) >= 11 is 0. The van der Waals surface area contributed by atoms with E-state index in [1.165, 1.54) is 12.1 Å². The molecule has 0 aromatic heterocycles. The van der Waals surface area contributed by atoms with Crippen molar-refractivity contribution >= 4 is 23.4 Å². The fourth-order valence-electron chi connectivity index (χ4n) is 2.32. The Kier molecular flexibility index (Phi) is 5.59. The second-order valence-corrected chi connectivity index (χ2v) is 5.36. The van der Waals surface area contributed by atoms with Crippen LogP contribution in [0.5, 0.6) is 0 Å². The third-order valence-corrected chi connectivity index (χ3v) is 3.68. The van der Waals surface area contributed by atoms with E-state index >= 15 is 0 Å². The number of benzene rings is 1. The van der Waals surface area contributed by atoms with Gasteiger partial charge in [0.1, 0.15) is 0 Å². The molecule has 1 aliphatic rings. The average molecular weight is 318 g/mol. The van der Waals surface area contributed by atoms with E-state index in [1.807, 2.05) is 0 Å². The largest absolute Gasteiger partial charge is 0.452 e. The van der Waals surface area contributed by atoms with Gasteiger partial charge in [0.2, 0.25) is 5.91 Å². The summed E-state index contributed by atoms with van der Waals surface area (Å²) in [5, 5.41) is 2.66. The van der Waals surface area contributed by atoms with Crippen LogP contribution in [0.2, 0.25) is 0 Å². The molecule has 3 N–H and O–H groups in total. The van der Waals surface area contributed by atoms with Gasteiger partial charge in [-0.15, -0.1) is 0 Å². The number of amides is 1. The monoisotopic (exact) mass is 318 g/mol. The molecule has 0 saturated carbocycles. The van der Waals surface area contributed by atoms with Crippen LogP contribution in [0.3, 0.4) is 0 Å². The molecule has 7 nitrogen and oxygen atoms in total. The highest BCUT2D eigenvalue weighted by Crippen LogP contribution is 2.15. The van der Waals surface area contributed by atoms with Crippen molar-refractivity contribution in [1.29, 1.82) is 0 Å². The van der Waals surface area contributed by atoms with Gasteiger partial charge in [0.15, 0.2) is 12.4 Å². The van der Waals surface area contributed by atoms with Gasteiger partial charge >= 0.3 is 5.97 Å². The van der Waals surface area contributed by atoms with Crippen LogP contribution in [0.25, 0.3) is 0 Å². The zero-order valence-electron chi connectivity index (χ0n) is 12.5. The number of ketones is 2. The Balaban J connectivity index is 1.80. The van der Waals surface area contributed by atoms with Crippen LogP contribution < -0.4 is 11.1 Å². The number of hydrogen-bond acceptors (Lipinski definition) is 6. The normalized spacial score (nSPS) is 18.1. The zero-order chi connectivity index (χ0) is 16.8. The predicted molar refractivity (Wildman–Crippen MR) is 80.4 cm³/mol. The van der Waals surface area contributed by atoms with Gasteiger partial charge < -0.3 is 15.8 Å².